The van der Waals surface area contributed by atoms with E-state index < -0.39 is 11.2 Å². The molecule has 0 amide bonds. The van der Waals surface area contributed by atoms with Gasteiger partial charge in [-0.3, -0.25) is 14.4 Å². The van der Waals surface area contributed by atoms with Gasteiger partial charge in [0.15, 0.2) is 17.9 Å². The molecule has 2 aliphatic carbocycles. The minimum atomic E-state index is -3.40. The van der Waals surface area contributed by atoms with E-state index in [9.17, 15) is 23.2 Å². The van der Waals surface area contributed by atoms with Gasteiger partial charge in [0.25, 0.3) is 0 Å². The summed E-state index contributed by atoms with van der Waals surface area (Å²) in [4.78, 5) is 40.0. The summed E-state index contributed by atoms with van der Waals surface area (Å²) < 4.78 is 27.7. The highest BCUT2D eigenvalue weighted by Gasteiger charge is 2.42. The van der Waals surface area contributed by atoms with Gasteiger partial charge in [0.1, 0.15) is 5.69 Å². The Bertz CT molecular complexity index is 954. The Hall–Kier alpha value is -2.41. The van der Waals surface area contributed by atoms with Crippen molar-refractivity contribution >= 4 is 36.1 Å². The molecule has 3 rings (SSSR count). The van der Waals surface area contributed by atoms with Crippen LogP contribution in [0.15, 0.2) is 41.0 Å². The molecule has 2 aliphatic rings. The van der Waals surface area contributed by atoms with Gasteiger partial charge >= 0.3 is 5.25 Å². The lowest BCUT2D eigenvalue weighted by molar-refractivity contribution is -0.119. The first-order valence-corrected chi connectivity index (χ1v) is 8.89. The maximum Gasteiger partial charge on any atom is 0.313 e. The van der Waals surface area contributed by atoms with Gasteiger partial charge in [0, 0.05) is 36.0 Å². The fourth-order valence-electron chi connectivity index (χ4n) is 3.47. The average Bonchev–Trinajstić information content (AvgIpc) is 3.04. The number of nitrogens with zero attached hydrogens (tertiary/aromatic N) is 1. The van der Waals surface area contributed by atoms with Crippen LogP contribution in [0.2, 0.25) is 0 Å². The average molecular weight is 389 g/mol. The van der Waals surface area contributed by atoms with E-state index in [1.54, 1.807) is 13.0 Å². The summed E-state index contributed by atoms with van der Waals surface area (Å²) in [6, 6.07) is 2.94. The Morgan fingerprint density at radius 3 is 2.63 bits per heavy atom. The first-order valence-electron chi connectivity index (χ1n) is 8.45. The predicted molar refractivity (Wildman–Crippen MR) is 100 cm³/mol. The SMILES string of the molecule is CCC1C(=O)C2=C(C=C(c3nc(C(C)=O)ccc3C=O)C2)C=C1C(F)(F)S. The summed E-state index contributed by atoms with van der Waals surface area (Å²) in [6.07, 6.45) is 3.93. The number of thiol groups is 1. The van der Waals surface area contributed by atoms with Crippen LogP contribution < -0.4 is 0 Å². The van der Waals surface area contributed by atoms with Crippen LogP contribution in [0.25, 0.3) is 5.57 Å². The van der Waals surface area contributed by atoms with Gasteiger partial charge in [-0.15, -0.1) is 12.6 Å². The monoisotopic (exact) mass is 389 g/mol. The Kier molecular flexibility index (Phi) is 4.99. The maximum absolute atomic E-state index is 13.9. The fourth-order valence-corrected chi connectivity index (χ4v) is 3.69. The molecule has 1 atom stereocenters. The summed E-state index contributed by atoms with van der Waals surface area (Å²) in [7, 11) is 0. The minimum absolute atomic E-state index is 0.182. The van der Waals surface area contributed by atoms with Gasteiger partial charge in [-0.1, -0.05) is 6.92 Å². The number of Topliss-reactive ketones (excluding diaryl/α,β-unsaturated/α-hetero) is 2. The minimum Gasteiger partial charge on any atom is -0.298 e. The number of halogens is 2. The van der Waals surface area contributed by atoms with Crippen LogP contribution in [-0.4, -0.2) is 28.1 Å². The normalized spacial score (nSPS) is 19.6. The van der Waals surface area contributed by atoms with Crippen molar-refractivity contribution in [3.05, 3.63) is 58.0 Å². The van der Waals surface area contributed by atoms with Gasteiger partial charge in [-0.05, 0) is 41.9 Å². The van der Waals surface area contributed by atoms with E-state index in [4.69, 9.17) is 0 Å². The molecule has 0 bridgehead atoms. The lowest BCUT2D eigenvalue weighted by atomic mass is 9.81. The second-order valence-electron chi connectivity index (χ2n) is 6.55. The standard InChI is InChI=1S/C20H17F2NO3S/c1-3-14-16(20(21,22)27)8-12-6-13(7-15(12)19(14)26)18-11(9-24)4-5-17(23-18)10(2)25/h4-6,8-9,14,27H,3,7H2,1-2H3. The molecule has 0 fully saturated rings. The van der Waals surface area contributed by atoms with E-state index in [1.807, 2.05) is 0 Å². The highest BCUT2D eigenvalue weighted by Crippen LogP contribution is 2.45. The van der Waals surface area contributed by atoms with Gasteiger partial charge in [-0.2, -0.15) is 8.78 Å². The largest absolute Gasteiger partial charge is 0.313 e. The Morgan fingerprint density at radius 1 is 1.37 bits per heavy atom. The fraction of sp³-hybridized carbons (Fsp3) is 0.300. The molecule has 1 aromatic rings. The summed E-state index contributed by atoms with van der Waals surface area (Å²) >= 11 is 3.35. The van der Waals surface area contributed by atoms with Gasteiger partial charge in [0.2, 0.25) is 0 Å². The van der Waals surface area contributed by atoms with Crippen molar-refractivity contribution in [2.24, 2.45) is 5.92 Å². The van der Waals surface area contributed by atoms with Crippen molar-refractivity contribution in [1.29, 1.82) is 0 Å². The molecule has 0 spiro atoms. The van der Waals surface area contributed by atoms with Crippen molar-refractivity contribution in [2.75, 3.05) is 0 Å². The van der Waals surface area contributed by atoms with Gasteiger partial charge < -0.3 is 0 Å². The van der Waals surface area contributed by atoms with Crippen LogP contribution in [0.3, 0.4) is 0 Å². The molecule has 1 heterocycles. The number of carbonyl (C=O) groups is 3. The van der Waals surface area contributed by atoms with Crippen LogP contribution in [0.4, 0.5) is 8.78 Å². The summed E-state index contributed by atoms with van der Waals surface area (Å²) in [6.45, 7) is 3.03. The molecule has 4 nitrogen and oxygen atoms in total. The molecule has 0 saturated heterocycles. The number of aldehydes is 1. The number of pyridine rings is 1. The highest BCUT2D eigenvalue weighted by molar-refractivity contribution is 7.81. The van der Waals surface area contributed by atoms with E-state index in [0.29, 0.717) is 28.7 Å². The molecule has 0 aliphatic heterocycles. The third-order valence-corrected chi connectivity index (χ3v) is 5.08. The van der Waals surface area contributed by atoms with E-state index in [-0.39, 0.29) is 41.2 Å². The van der Waals surface area contributed by atoms with Crippen LogP contribution in [0.1, 0.15) is 53.2 Å². The lowest BCUT2D eigenvalue weighted by Gasteiger charge is -2.26. The highest BCUT2D eigenvalue weighted by atomic mass is 32.1. The van der Waals surface area contributed by atoms with Crippen molar-refractivity contribution in [2.45, 2.75) is 31.9 Å². The van der Waals surface area contributed by atoms with E-state index in [1.165, 1.54) is 25.1 Å². The van der Waals surface area contributed by atoms with Crippen LogP contribution in [-0.2, 0) is 4.79 Å². The molecule has 1 unspecified atom stereocenters. The second-order valence-corrected chi connectivity index (χ2v) is 7.12. The van der Waals surface area contributed by atoms with E-state index >= 15 is 0 Å². The zero-order valence-corrected chi connectivity index (χ0v) is 15.6. The molecule has 140 valence electrons. The smallest absolute Gasteiger partial charge is 0.298 e. The molecule has 0 N–H and O–H groups in total. The Balaban J connectivity index is 2.07. The zero-order valence-electron chi connectivity index (χ0n) is 14.8. The zero-order chi connectivity index (χ0) is 19.9. The van der Waals surface area contributed by atoms with Crippen molar-refractivity contribution < 1.29 is 23.2 Å². The van der Waals surface area contributed by atoms with Crippen molar-refractivity contribution in [3.63, 3.8) is 0 Å². The van der Waals surface area contributed by atoms with Crippen LogP contribution >= 0.6 is 12.6 Å². The number of allylic oxidation sites excluding steroid dienone is 5. The summed E-state index contributed by atoms with van der Waals surface area (Å²) in [5, 5.41) is -3.40. The van der Waals surface area contributed by atoms with E-state index in [0.717, 1.165) is 0 Å². The molecule has 0 radical (unpaired) electrons. The lowest BCUT2D eigenvalue weighted by Crippen LogP contribution is -2.29. The molecule has 1 aromatic heterocycles. The number of carbonyl (C=O) groups excluding carboxylic acids is 3. The third kappa shape index (κ3) is 3.43. The predicted octanol–water partition coefficient (Wildman–Crippen LogP) is 4.24. The summed E-state index contributed by atoms with van der Waals surface area (Å²) in [5.41, 5.74) is 1.79. The first-order chi connectivity index (χ1) is 12.7. The molecule has 0 aromatic carbocycles. The van der Waals surface area contributed by atoms with Crippen molar-refractivity contribution in [1.82, 2.24) is 4.98 Å². The topological polar surface area (TPSA) is 64.1 Å². The van der Waals surface area contributed by atoms with Crippen LogP contribution in [0, 0.1) is 5.92 Å². The summed E-state index contributed by atoms with van der Waals surface area (Å²) in [5.74, 6) is -1.55. The van der Waals surface area contributed by atoms with Crippen molar-refractivity contribution in [3.8, 4) is 0 Å². The second kappa shape index (κ2) is 6.96. The first kappa shape index (κ1) is 19.4. The molecular weight excluding hydrogens is 372 g/mol. The number of hydrogen-bond donors (Lipinski definition) is 1. The Labute approximate surface area is 160 Å². The van der Waals surface area contributed by atoms with Gasteiger partial charge in [0.05, 0.1) is 5.69 Å². The third-order valence-electron chi connectivity index (χ3n) is 4.82. The maximum atomic E-state index is 13.9. The molecule has 27 heavy (non-hydrogen) atoms. The Morgan fingerprint density at radius 2 is 2.07 bits per heavy atom. The quantitative estimate of drug-likeness (QED) is 0.465. The number of alkyl halides is 2. The molecular formula is C20H17F2NO3S. The number of rotatable bonds is 5. The molecule has 0 saturated carbocycles. The van der Waals surface area contributed by atoms with Crippen LogP contribution in [0.5, 0.6) is 0 Å². The molecule has 7 heteroatoms. The number of hydrogen-bond acceptors (Lipinski definition) is 5. The number of aromatic nitrogens is 1. The van der Waals surface area contributed by atoms with E-state index in [2.05, 4.69) is 17.6 Å². The van der Waals surface area contributed by atoms with Gasteiger partial charge in [-0.25, -0.2) is 4.98 Å². The number of ketones is 2.